The zero-order valence-electron chi connectivity index (χ0n) is 15.2. The van der Waals surface area contributed by atoms with Gasteiger partial charge in [0.05, 0.1) is 18.2 Å². The van der Waals surface area contributed by atoms with Crippen LogP contribution in [0.1, 0.15) is 53.0 Å². The summed E-state index contributed by atoms with van der Waals surface area (Å²) in [6.07, 6.45) is 5.69. The normalized spacial score (nSPS) is 15.5. The molecule has 4 rings (SSSR count). The van der Waals surface area contributed by atoms with E-state index in [1.165, 1.54) is 18.5 Å². The highest BCUT2D eigenvalue weighted by Crippen LogP contribution is 2.32. The van der Waals surface area contributed by atoms with Crippen LogP contribution in [0.2, 0.25) is 0 Å². The van der Waals surface area contributed by atoms with Gasteiger partial charge in [0.2, 0.25) is 0 Å². The summed E-state index contributed by atoms with van der Waals surface area (Å²) in [6, 6.07) is 10.3. The number of nitrogens with zero attached hydrogens (tertiary/aromatic N) is 4. The molecule has 26 heavy (non-hydrogen) atoms. The number of amides is 1. The lowest BCUT2D eigenvalue weighted by atomic mass is 10.1. The second-order valence-electron chi connectivity index (χ2n) is 7.43. The van der Waals surface area contributed by atoms with E-state index in [0.717, 1.165) is 42.6 Å². The van der Waals surface area contributed by atoms with Crippen LogP contribution in [0.5, 0.6) is 0 Å². The number of hydrogen-bond donors (Lipinski definition) is 0. The minimum absolute atomic E-state index is 0.00219. The van der Waals surface area contributed by atoms with Gasteiger partial charge in [-0.05, 0) is 56.6 Å². The highest BCUT2D eigenvalue weighted by molar-refractivity contribution is 5.94. The smallest absolute Gasteiger partial charge is 0.274 e. The molecule has 0 aliphatic heterocycles. The average molecular weight is 348 g/mol. The molecule has 0 bridgehead atoms. The minimum atomic E-state index is -0.00219. The van der Waals surface area contributed by atoms with Crippen molar-refractivity contribution in [1.82, 2.24) is 14.7 Å². The number of aromatic nitrogens is 2. The Morgan fingerprint density at radius 2 is 2.15 bits per heavy atom. The SMILES string of the molecule is Cc1ccccc1-n1nc(C(=O)N(CCC#N)CC2CC2)c2c1CCC2. The lowest BCUT2D eigenvalue weighted by Crippen LogP contribution is -2.34. The Hall–Kier alpha value is -2.61. The van der Waals surface area contributed by atoms with Crippen LogP contribution in [-0.2, 0) is 12.8 Å². The molecule has 2 aromatic rings. The Morgan fingerprint density at radius 1 is 1.35 bits per heavy atom. The molecule has 2 aliphatic rings. The zero-order valence-corrected chi connectivity index (χ0v) is 15.2. The van der Waals surface area contributed by atoms with E-state index < -0.39 is 0 Å². The van der Waals surface area contributed by atoms with Crippen LogP contribution < -0.4 is 0 Å². The van der Waals surface area contributed by atoms with Crippen molar-refractivity contribution in [2.75, 3.05) is 13.1 Å². The average Bonchev–Trinajstić information content (AvgIpc) is 3.20. The molecule has 0 N–H and O–H groups in total. The molecule has 0 unspecified atom stereocenters. The third kappa shape index (κ3) is 3.12. The largest absolute Gasteiger partial charge is 0.336 e. The van der Waals surface area contributed by atoms with Gasteiger partial charge in [-0.15, -0.1) is 0 Å². The Balaban J connectivity index is 1.70. The quantitative estimate of drug-likeness (QED) is 0.803. The number of carbonyl (C=O) groups is 1. The van der Waals surface area contributed by atoms with Crippen LogP contribution in [0.3, 0.4) is 0 Å². The van der Waals surface area contributed by atoms with Gasteiger partial charge in [0.25, 0.3) is 5.91 Å². The van der Waals surface area contributed by atoms with E-state index in [1.807, 2.05) is 21.7 Å². The van der Waals surface area contributed by atoms with E-state index in [1.54, 1.807) is 0 Å². The van der Waals surface area contributed by atoms with E-state index in [4.69, 9.17) is 10.4 Å². The molecule has 1 aromatic carbocycles. The molecular formula is C21H24N4O. The molecule has 1 fully saturated rings. The summed E-state index contributed by atoms with van der Waals surface area (Å²) in [5.74, 6) is 0.599. The number of benzene rings is 1. The molecule has 0 spiro atoms. The Labute approximate surface area is 154 Å². The Bertz CT molecular complexity index is 873. The summed E-state index contributed by atoms with van der Waals surface area (Å²) in [6.45, 7) is 3.33. The highest BCUT2D eigenvalue weighted by atomic mass is 16.2. The standard InChI is InChI=1S/C21H24N4O/c1-15-6-2-3-8-18(15)25-19-9-4-7-17(19)20(23-25)21(26)24(13-5-12-22)14-16-10-11-16/h2-3,6,8,16H,4-5,7,9-11,13-14H2,1H3. The molecule has 1 amide bonds. The summed E-state index contributed by atoms with van der Waals surface area (Å²) in [5.41, 5.74) is 5.09. The molecule has 1 aromatic heterocycles. The number of aryl methyl sites for hydroxylation is 1. The van der Waals surface area contributed by atoms with Gasteiger partial charge in [0.1, 0.15) is 0 Å². The summed E-state index contributed by atoms with van der Waals surface area (Å²) in [5, 5.41) is 13.7. The number of rotatable bonds is 6. The van der Waals surface area contributed by atoms with E-state index in [0.29, 0.717) is 24.6 Å². The molecule has 5 heteroatoms. The lowest BCUT2D eigenvalue weighted by molar-refractivity contribution is 0.0744. The maximum Gasteiger partial charge on any atom is 0.274 e. The zero-order chi connectivity index (χ0) is 18.1. The fourth-order valence-electron chi connectivity index (χ4n) is 3.83. The molecular weight excluding hydrogens is 324 g/mol. The van der Waals surface area contributed by atoms with Gasteiger partial charge in [-0.25, -0.2) is 4.68 Å². The van der Waals surface area contributed by atoms with Crippen LogP contribution in [0.25, 0.3) is 5.69 Å². The first-order chi connectivity index (χ1) is 12.7. The summed E-state index contributed by atoms with van der Waals surface area (Å²) in [7, 11) is 0. The first-order valence-electron chi connectivity index (χ1n) is 9.52. The molecule has 134 valence electrons. The second kappa shape index (κ2) is 6.95. The predicted octanol–water partition coefficient (Wildman–Crippen LogP) is 3.44. The van der Waals surface area contributed by atoms with Crippen molar-refractivity contribution >= 4 is 5.91 Å². The van der Waals surface area contributed by atoms with Gasteiger partial charge < -0.3 is 4.90 Å². The van der Waals surface area contributed by atoms with Gasteiger partial charge in [0, 0.05) is 24.3 Å². The fourth-order valence-corrected chi connectivity index (χ4v) is 3.83. The van der Waals surface area contributed by atoms with Crippen molar-refractivity contribution in [3.63, 3.8) is 0 Å². The number of fused-ring (bicyclic) bond motifs is 1. The predicted molar refractivity (Wildman–Crippen MR) is 99.2 cm³/mol. The van der Waals surface area contributed by atoms with Crippen LogP contribution in [0.4, 0.5) is 0 Å². The third-order valence-corrected chi connectivity index (χ3v) is 5.43. The van der Waals surface area contributed by atoms with Crippen molar-refractivity contribution in [1.29, 1.82) is 5.26 Å². The molecule has 1 heterocycles. The van der Waals surface area contributed by atoms with Crippen molar-refractivity contribution in [2.24, 2.45) is 5.92 Å². The number of nitriles is 1. The van der Waals surface area contributed by atoms with Gasteiger partial charge in [-0.2, -0.15) is 10.4 Å². The first-order valence-corrected chi connectivity index (χ1v) is 9.52. The molecule has 0 radical (unpaired) electrons. The van der Waals surface area contributed by atoms with E-state index in [-0.39, 0.29) is 5.91 Å². The fraction of sp³-hybridized carbons (Fsp3) is 0.476. The Kier molecular flexibility index (Phi) is 4.50. The molecule has 0 saturated heterocycles. The van der Waals surface area contributed by atoms with E-state index >= 15 is 0 Å². The molecule has 2 aliphatic carbocycles. The van der Waals surface area contributed by atoms with Crippen molar-refractivity contribution in [2.45, 2.75) is 45.4 Å². The number of para-hydroxylation sites is 1. The summed E-state index contributed by atoms with van der Waals surface area (Å²) < 4.78 is 1.98. The van der Waals surface area contributed by atoms with E-state index in [2.05, 4.69) is 25.1 Å². The monoisotopic (exact) mass is 348 g/mol. The maximum absolute atomic E-state index is 13.2. The van der Waals surface area contributed by atoms with Crippen LogP contribution in [0, 0.1) is 24.2 Å². The number of hydrogen-bond acceptors (Lipinski definition) is 3. The molecule has 5 nitrogen and oxygen atoms in total. The van der Waals surface area contributed by atoms with Crippen molar-refractivity contribution in [3.05, 3.63) is 46.8 Å². The van der Waals surface area contributed by atoms with Crippen LogP contribution >= 0.6 is 0 Å². The molecule has 1 saturated carbocycles. The Morgan fingerprint density at radius 3 is 2.88 bits per heavy atom. The topological polar surface area (TPSA) is 61.9 Å². The maximum atomic E-state index is 13.2. The minimum Gasteiger partial charge on any atom is -0.336 e. The number of carbonyl (C=O) groups excluding carboxylic acids is 1. The van der Waals surface area contributed by atoms with Crippen LogP contribution in [-0.4, -0.2) is 33.7 Å². The highest BCUT2D eigenvalue weighted by Gasteiger charge is 2.32. The van der Waals surface area contributed by atoms with E-state index in [9.17, 15) is 4.79 Å². The summed E-state index contributed by atoms with van der Waals surface area (Å²) >= 11 is 0. The lowest BCUT2D eigenvalue weighted by Gasteiger charge is -2.21. The molecule has 0 atom stereocenters. The van der Waals surface area contributed by atoms with Crippen molar-refractivity contribution < 1.29 is 4.79 Å². The second-order valence-corrected chi connectivity index (χ2v) is 7.43. The van der Waals surface area contributed by atoms with Gasteiger partial charge in [0.15, 0.2) is 5.69 Å². The first kappa shape index (κ1) is 16.8. The van der Waals surface area contributed by atoms with Gasteiger partial charge in [-0.3, -0.25) is 4.79 Å². The van der Waals surface area contributed by atoms with Crippen LogP contribution in [0.15, 0.2) is 24.3 Å². The van der Waals surface area contributed by atoms with Gasteiger partial charge in [-0.1, -0.05) is 18.2 Å². The third-order valence-electron chi connectivity index (χ3n) is 5.43. The summed E-state index contributed by atoms with van der Waals surface area (Å²) in [4.78, 5) is 15.1. The van der Waals surface area contributed by atoms with Gasteiger partial charge >= 0.3 is 0 Å². The van der Waals surface area contributed by atoms with Crippen molar-refractivity contribution in [3.8, 4) is 11.8 Å².